The molecular formula is C18H21N3O6S2. The maximum atomic E-state index is 12.4. The molecule has 0 unspecified atom stereocenters. The van der Waals surface area contributed by atoms with Crippen LogP contribution in [0.1, 0.15) is 30.1 Å². The summed E-state index contributed by atoms with van der Waals surface area (Å²) in [5.41, 5.74) is -0.0353. The van der Waals surface area contributed by atoms with E-state index in [1.54, 1.807) is 23.3 Å². The molecule has 2 aromatic rings. The lowest BCUT2D eigenvalue weighted by Gasteiger charge is -2.32. The third-order valence-electron chi connectivity index (χ3n) is 4.52. The van der Waals surface area contributed by atoms with E-state index in [9.17, 15) is 23.1 Å². The van der Waals surface area contributed by atoms with Crippen LogP contribution in [-0.2, 0) is 19.6 Å². The van der Waals surface area contributed by atoms with E-state index in [2.05, 4.69) is 9.71 Å². The summed E-state index contributed by atoms with van der Waals surface area (Å²) in [6.07, 6.45) is 2.36. The SMILES string of the molecule is CCOC(=O)C1CCN(c2ncc(NS(=O)(=O)c3cccs3)cc2C(=O)O)CC1. The summed E-state index contributed by atoms with van der Waals surface area (Å²) in [6, 6.07) is 4.33. The number of nitrogens with one attached hydrogen (secondary N) is 1. The number of pyridine rings is 1. The Morgan fingerprint density at radius 2 is 2.10 bits per heavy atom. The number of carbonyl (C=O) groups is 2. The summed E-state index contributed by atoms with van der Waals surface area (Å²) >= 11 is 1.06. The Bertz CT molecular complexity index is 983. The number of hydrogen-bond donors (Lipinski definition) is 2. The fourth-order valence-corrected chi connectivity index (χ4v) is 5.16. The number of carbonyl (C=O) groups excluding carboxylic acids is 1. The molecule has 29 heavy (non-hydrogen) atoms. The molecule has 1 aliphatic rings. The number of sulfonamides is 1. The summed E-state index contributed by atoms with van der Waals surface area (Å²) < 4.78 is 32.2. The summed E-state index contributed by atoms with van der Waals surface area (Å²) in [6.45, 7) is 2.99. The molecule has 156 valence electrons. The quantitative estimate of drug-likeness (QED) is 0.630. The van der Waals surface area contributed by atoms with Crippen molar-refractivity contribution in [1.29, 1.82) is 0 Å². The molecule has 0 amide bonds. The van der Waals surface area contributed by atoms with Gasteiger partial charge in [-0.25, -0.2) is 18.2 Å². The van der Waals surface area contributed by atoms with Gasteiger partial charge in [-0.15, -0.1) is 11.3 Å². The Labute approximate surface area is 172 Å². The van der Waals surface area contributed by atoms with Crippen LogP contribution in [-0.4, -0.2) is 50.1 Å². The smallest absolute Gasteiger partial charge is 0.339 e. The molecule has 2 aromatic heterocycles. The third-order valence-corrected chi connectivity index (χ3v) is 7.30. The van der Waals surface area contributed by atoms with E-state index in [4.69, 9.17) is 4.74 Å². The standard InChI is InChI=1S/C18H21N3O6S2/c1-2-27-18(24)12-5-7-21(8-6-12)16-14(17(22)23)10-13(11-19-16)20-29(25,26)15-4-3-9-28-15/h3-4,9-12,20H,2,5-8H2,1H3,(H,22,23). The van der Waals surface area contributed by atoms with E-state index in [0.29, 0.717) is 32.5 Å². The number of esters is 1. The van der Waals surface area contributed by atoms with Crippen molar-refractivity contribution >= 4 is 44.8 Å². The van der Waals surface area contributed by atoms with Gasteiger partial charge in [0.05, 0.1) is 24.4 Å². The molecule has 0 aliphatic carbocycles. The van der Waals surface area contributed by atoms with Gasteiger partial charge in [-0.3, -0.25) is 9.52 Å². The zero-order valence-electron chi connectivity index (χ0n) is 15.7. The topological polar surface area (TPSA) is 126 Å². The predicted octanol–water partition coefficient (Wildman–Crippen LogP) is 2.42. The van der Waals surface area contributed by atoms with Crippen LogP contribution in [0.4, 0.5) is 11.5 Å². The van der Waals surface area contributed by atoms with Crippen LogP contribution in [0.25, 0.3) is 0 Å². The summed E-state index contributed by atoms with van der Waals surface area (Å²) in [4.78, 5) is 29.6. The Hall–Kier alpha value is -2.66. The maximum Gasteiger partial charge on any atom is 0.339 e. The van der Waals surface area contributed by atoms with Crippen molar-refractivity contribution in [3.63, 3.8) is 0 Å². The van der Waals surface area contributed by atoms with Gasteiger partial charge in [0, 0.05) is 13.1 Å². The van der Waals surface area contributed by atoms with Crippen LogP contribution < -0.4 is 9.62 Å². The molecule has 9 nitrogen and oxygen atoms in total. The number of aromatic carboxylic acids is 1. The van der Waals surface area contributed by atoms with Gasteiger partial charge in [0.25, 0.3) is 10.0 Å². The fraction of sp³-hybridized carbons (Fsp3) is 0.389. The Kier molecular flexibility index (Phi) is 6.38. The van der Waals surface area contributed by atoms with Crippen LogP contribution in [0.3, 0.4) is 0 Å². The van der Waals surface area contributed by atoms with Crippen LogP contribution in [0.5, 0.6) is 0 Å². The lowest BCUT2D eigenvalue weighted by molar-refractivity contribution is -0.148. The molecule has 3 rings (SSSR count). The Morgan fingerprint density at radius 1 is 1.38 bits per heavy atom. The van der Waals surface area contributed by atoms with Gasteiger partial charge in [-0.05, 0) is 37.3 Å². The number of carboxylic acid groups (broad SMARTS) is 1. The fourth-order valence-electron chi connectivity index (χ4n) is 3.13. The van der Waals surface area contributed by atoms with Crippen molar-refractivity contribution < 1.29 is 27.9 Å². The van der Waals surface area contributed by atoms with Crippen molar-refractivity contribution in [2.45, 2.75) is 24.0 Å². The predicted molar refractivity (Wildman–Crippen MR) is 108 cm³/mol. The number of rotatable bonds is 7. The first kappa shape index (κ1) is 21.1. The van der Waals surface area contributed by atoms with E-state index < -0.39 is 16.0 Å². The van der Waals surface area contributed by atoms with Crippen LogP contribution >= 0.6 is 11.3 Å². The van der Waals surface area contributed by atoms with Gasteiger partial charge in [-0.2, -0.15) is 0 Å². The number of carboxylic acids is 1. The van der Waals surface area contributed by atoms with E-state index in [-0.39, 0.29) is 33.2 Å². The second-order valence-electron chi connectivity index (χ2n) is 6.45. The molecule has 0 radical (unpaired) electrons. The first-order valence-corrected chi connectivity index (χ1v) is 11.4. The normalized spacial score (nSPS) is 15.1. The van der Waals surface area contributed by atoms with Crippen molar-refractivity contribution in [1.82, 2.24) is 4.98 Å². The van der Waals surface area contributed by atoms with E-state index >= 15 is 0 Å². The minimum atomic E-state index is -3.80. The number of anilines is 2. The molecular weight excluding hydrogens is 418 g/mol. The maximum absolute atomic E-state index is 12.4. The van der Waals surface area contributed by atoms with Crippen molar-refractivity contribution in [2.75, 3.05) is 29.3 Å². The number of piperidine rings is 1. The van der Waals surface area contributed by atoms with Gasteiger partial charge in [0.15, 0.2) is 0 Å². The molecule has 0 spiro atoms. The molecule has 3 heterocycles. The number of nitrogens with zero attached hydrogens (tertiary/aromatic N) is 2. The number of aromatic nitrogens is 1. The highest BCUT2D eigenvalue weighted by Crippen LogP contribution is 2.28. The molecule has 0 atom stereocenters. The van der Waals surface area contributed by atoms with Crippen molar-refractivity contribution in [2.24, 2.45) is 5.92 Å². The molecule has 0 bridgehead atoms. The minimum absolute atomic E-state index is 0.0703. The minimum Gasteiger partial charge on any atom is -0.478 e. The molecule has 11 heteroatoms. The second-order valence-corrected chi connectivity index (χ2v) is 9.31. The van der Waals surface area contributed by atoms with Gasteiger partial charge in [0.1, 0.15) is 15.6 Å². The lowest BCUT2D eigenvalue weighted by atomic mass is 9.96. The second kappa shape index (κ2) is 8.78. The molecule has 0 aromatic carbocycles. The highest BCUT2D eigenvalue weighted by molar-refractivity contribution is 7.94. The lowest BCUT2D eigenvalue weighted by Crippen LogP contribution is -2.38. The van der Waals surface area contributed by atoms with Gasteiger partial charge in [-0.1, -0.05) is 6.07 Å². The highest BCUT2D eigenvalue weighted by atomic mass is 32.2. The van der Waals surface area contributed by atoms with Crippen molar-refractivity contribution in [3.8, 4) is 0 Å². The summed E-state index contributed by atoms with van der Waals surface area (Å²) in [7, 11) is -3.80. The number of ether oxygens (including phenoxy) is 1. The third kappa shape index (κ3) is 4.85. The summed E-state index contributed by atoms with van der Waals surface area (Å²) in [5.74, 6) is -1.41. The molecule has 1 saturated heterocycles. The molecule has 1 fully saturated rings. The largest absolute Gasteiger partial charge is 0.478 e. The zero-order valence-corrected chi connectivity index (χ0v) is 17.3. The molecule has 2 N–H and O–H groups in total. The van der Waals surface area contributed by atoms with E-state index in [1.165, 1.54) is 18.3 Å². The van der Waals surface area contributed by atoms with Crippen LogP contribution in [0, 0.1) is 5.92 Å². The average Bonchev–Trinajstić information content (AvgIpc) is 3.24. The number of hydrogen-bond acceptors (Lipinski definition) is 8. The van der Waals surface area contributed by atoms with E-state index in [0.717, 1.165) is 11.3 Å². The Morgan fingerprint density at radius 3 is 2.69 bits per heavy atom. The monoisotopic (exact) mass is 439 g/mol. The molecule has 1 aliphatic heterocycles. The van der Waals surface area contributed by atoms with Gasteiger partial charge < -0.3 is 14.7 Å². The first-order chi connectivity index (χ1) is 13.8. The van der Waals surface area contributed by atoms with Gasteiger partial charge in [0.2, 0.25) is 0 Å². The number of thiophene rings is 1. The Balaban J connectivity index is 1.77. The zero-order chi connectivity index (χ0) is 21.0. The highest BCUT2D eigenvalue weighted by Gasteiger charge is 2.29. The first-order valence-electron chi connectivity index (χ1n) is 9.03. The van der Waals surface area contributed by atoms with Crippen molar-refractivity contribution in [3.05, 3.63) is 35.3 Å². The van der Waals surface area contributed by atoms with Crippen LogP contribution in [0.15, 0.2) is 34.0 Å². The van der Waals surface area contributed by atoms with Gasteiger partial charge >= 0.3 is 11.9 Å². The van der Waals surface area contributed by atoms with Crippen LogP contribution in [0.2, 0.25) is 0 Å². The summed E-state index contributed by atoms with van der Waals surface area (Å²) in [5, 5.41) is 11.2. The molecule has 0 saturated carbocycles. The average molecular weight is 440 g/mol. The van der Waals surface area contributed by atoms with E-state index in [1.807, 2.05) is 0 Å².